The Morgan fingerprint density at radius 3 is 2.18 bits per heavy atom. The molecule has 0 aromatic carbocycles. The molecule has 16 atom stereocenters. The number of fused-ring (bicyclic) bond motifs is 2. The molecular formula is C39H63NO15. The van der Waals surface area contributed by atoms with Crippen molar-refractivity contribution in [3.05, 3.63) is 48.6 Å². The van der Waals surface area contributed by atoms with E-state index in [9.17, 15) is 55.5 Å². The summed E-state index contributed by atoms with van der Waals surface area (Å²) in [5.41, 5.74) is 6.00. The van der Waals surface area contributed by atoms with Crippen molar-refractivity contribution in [1.29, 1.82) is 0 Å². The van der Waals surface area contributed by atoms with Crippen LogP contribution in [0.25, 0.3) is 0 Å². The predicted molar refractivity (Wildman–Crippen MR) is 198 cm³/mol. The van der Waals surface area contributed by atoms with Crippen LogP contribution in [0.2, 0.25) is 0 Å². The summed E-state index contributed by atoms with van der Waals surface area (Å²) in [7, 11) is 0. The van der Waals surface area contributed by atoms with E-state index in [1.54, 1.807) is 43.4 Å². The maximum absolute atomic E-state index is 12.9. The number of ether oxygens (including phenoxy) is 4. The highest BCUT2D eigenvalue weighted by Crippen LogP contribution is 2.38. The summed E-state index contributed by atoms with van der Waals surface area (Å²) in [4.78, 5) is 25.3. The Hall–Kier alpha value is -2.58. The monoisotopic (exact) mass is 785 g/mol. The molecule has 0 spiro atoms. The summed E-state index contributed by atoms with van der Waals surface area (Å²) in [6, 6.07) is -1.12. The van der Waals surface area contributed by atoms with E-state index in [4.69, 9.17) is 24.7 Å². The van der Waals surface area contributed by atoms with Crippen molar-refractivity contribution in [3.63, 3.8) is 0 Å². The third kappa shape index (κ3) is 14.7. The van der Waals surface area contributed by atoms with E-state index in [0.717, 1.165) is 12.8 Å². The second kappa shape index (κ2) is 22.4. The number of hydrogen-bond donors (Lipinski definition) is 10. The van der Waals surface area contributed by atoms with Crippen LogP contribution in [0.4, 0.5) is 0 Å². The first kappa shape index (κ1) is 46.8. The van der Waals surface area contributed by atoms with Gasteiger partial charge in [-0.15, -0.1) is 0 Å². The lowest BCUT2D eigenvalue weighted by molar-refractivity contribution is -0.308. The van der Waals surface area contributed by atoms with Crippen LogP contribution in [0.3, 0.4) is 0 Å². The second-order valence-electron chi connectivity index (χ2n) is 15.2. The van der Waals surface area contributed by atoms with Crippen LogP contribution in [-0.2, 0) is 28.5 Å². The first-order chi connectivity index (χ1) is 25.9. The van der Waals surface area contributed by atoms with Crippen LogP contribution in [-0.4, -0.2) is 143 Å². The van der Waals surface area contributed by atoms with E-state index in [-0.39, 0.29) is 25.7 Å². The zero-order chi connectivity index (χ0) is 40.9. The normalized spacial score (nSPS) is 42.1. The van der Waals surface area contributed by atoms with Crippen molar-refractivity contribution >= 4 is 11.9 Å². The number of carboxylic acid groups (broad SMARTS) is 1. The largest absolute Gasteiger partial charge is 0.481 e. The molecule has 11 N–H and O–H groups in total. The van der Waals surface area contributed by atoms with Gasteiger partial charge in [0.1, 0.15) is 18.1 Å². The average Bonchev–Trinajstić information content (AvgIpc) is 3.09. The predicted octanol–water partition coefficient (Wildman–Crippen LogP) is 0.465. The zero-order valence-electron chi connectivity index (χ0n) is 31.9. The van der Waals surface area contributed by atoms with Gasteiger partial charge >= 0.3 is 11.9 Å². The van der Waals surface area contributed by atoms with Crippen molar-refractivity contribution in [3.8, 4) is 0 Å². The summed E-state index contributed by atoms with van der Waals surface area (Å²) < 4.78 is 23.4. The van der Waals surface area contributed by atoms with Gasteiger partial charge in [-0.05, 0) is 33.1 Å². The van der Waals surface area contributed by atoms with Crippen molar-refractivity contribution in [1.82, 2.24) is 0 Å². The van der Waals surface area contributed by atoms with Gasteiger partial charge in [0.25, 0.3) is 0 Å². The fraction of sp³-hybridized carbons (Fsp3) is 0.744. The summed E-state index contributed by atoms with van der Waals surface area (Å²) in [5, 5.41) is 96.4. The number of nitrogens with two attached hydrogens (primary N) is 1. The Kier molecular flexibility index (Phi) is 19.0. The molecule has 0 amide bonds. The molecule has 3 heterocycles. The van der Waals surface area contributed by atoms with Gasteiger partial charge in [0.05, 0.1) is 66.9 Å². The van der Waals surface area contributed by atoms with Gasteiger partial charge in [-0.1, -0.05) is 68.4 Å². The molecule has 0 aliphatic carbocycles. The van der Waals surface area contributed by atoms with E-state index >= 15 is 0 Å². The Morgan fingerprint density at radius 2 is 1.51 bits per heavy atom. The van der Waals surface area contributed by atoms with Gasteiger partial charge in [-0.25, -0.2) is 0 Å². The number of carboxylic acids is 1. The number of unbranched alkanes of at least 4 members (excludes halogenated alkanes) is 1. The maximum atomic E-state index is 12.9. The fourth-order valence-electron chi connectivity index (χ4n) is 7.11. The third-order valence-electron chi connectivity index (χ3n) is 10.4. The van der Waals surface area contributed by atoms with Gasteiger partial charge in [0.2, 0.25) is 0 Å². The molecule has 0 aromatic rings. The third-order valence-corrected chi connectivity index (χ3v) is 10.4. The van der Waals surface area contributed by atoms with Crippen LogP contribution in [0.5, 0.6) is 0 Å². The van der Waals surface area contributed by atoms with Gasteiger partial charge in [-0.3, -0.25) is 9.59 Å². The van der Waals surface area contributed by atoms with E-state index in [2.05, 4.69) is 0 Å². The van der Waals surface area contributed by atoms with Crippen LogP contribution in [0.15, 0.2) is 48.6 Å². The first-order valence-corrected chi connectivity index (χ1v) is 19.3. The number of esters is 1. The molecular weight excluding hydrogens is 722 g/mol. The number of allylic oxidation sites excluding steroid dienone is 6. The van der Waals surface area contributed by atoms with E-state index in [0.29, 0.717) is 12.8 Å². The SMILES string of the molecule is CCCCC1CC=CC=CC=CC=CC(O[C@@H]2O[C@H](C)[C@@H](O)[C@H](N)[C@@H]2O)CC2OC(O)(CC(O)CC(O)CC(O)CC(O)C(C)C(=O)O1)CC(O)C2C(=O)O. The van der Waals surface area contributed by atoms with Gasteiger partial charge in [0.15, 0.2) is 12.1 Å². The summed E-state index contributed by atoms with van der Waals surface area (Å²) in [6.07, 6.45) is -0.632. The number of hydrogen-bond acceptors (Lipinski definition) is 15. The molecule has 55 heavy (non-hydrogen) atoms. The van der Waals surface area contributed by atoms with Crippen LogP contribution in [0, 0.1) is 11.8 Å². The second-order valence-corrected chi connectivity index (χ2v) is 15.2. The van der Waals surface area contributed by atoms with Gasteiger partial charge in [0, 0.05) is 32.1 Å². The molecule has 16 heteroatoms. The Balaban J connectivity index is 1.92. The quantitative estimate of drug-likeness (QED) is 0.164. The smallest absolute Gasteiger partial charge is 0.311 e. The lowest BCUT2D eigenvalue weighted by Crippen LogP contribution is -2.61. The van der Waals surface area contributed by atoms with Crippen LogP contribution in [0.1, 0.15) is 85.0 Å². The molecule has 0 aromatic heterocycles. The number of cyclic esters (lactones) is 1. The minimum Gasteiger partial charge on any atom is -0.481 e. The molecule has 3 aliphatic rings. The van der Waals surface area contributed by atoms with Crippen molar-refractivity contribution in [2.75, 3.05) is 0 Å². The van der Waals surface area contributed by atoms with Crippen LogP contribution < -0.4 is 5.73 Å². The molecule has 0 saturated carbocycles. The topological polar surface area (TPSA) is 279 Å². The van der Waals surface area contributed by atoms with Crippen LogP contribution >= 0.6 is 0 Å². The summed E-state index contributed by atoms with van der Waals surface area (Å²) in [6.45, 7) is 5.06. The van der Waals surface area contributed by atoms with Gasteiger partial charge in [-0.2, -0.15) is 0 Å². The Labute approximate surface area is 322 Å². The Bertz CT molecular complexity index is 1310. The zero-order valence-corrected chi connectivity index (χ0v) is 31.9. The van der Waals surface area contributed by atoms with Crippen molar-refractivity contribution < 1.29 is 74.5 Å². The molecule has 2 saturated heterocycles. The number of carbonyl (C=O) groups is 2. The fourth-order valence-corrected chi connectivity index (χ4v) is 7.11. The molecule has 0 radical (unpaired) electrons. The van der Waals surface area contributed by atoms with Crippen molar-refractivity contribution in [2.24, 2.45) is 17.6 Å². The molecule has 16 nitrogen and oxygen atoms in total. The van der Waals surface area contributed by atoms with E-state index in [1.165, 1.54) is 13.0 Å². The summed E-state index contributed by atoms with van der Waals surface area (Å²) >= 11 is 0. The standard InChI is InChI=1S/C39H63NO15/c1-4-5-13-27-14-11-9-7-6-8-10-12-15-28(54-38-35(47)33(40)34(46)23(3)52-38)19-31-32(36(48)49)30(45)21-39(51,55-31)20-26(43)17-24(41)16-25(42)18-29(44)22(2)37(50)53-27/h6-12,15,22-35,38,41-47,51H,4-5,13-14,16-21,40H2,1-3H3,(H,48,49)/t22?,23-,24?,25?,26?,27?,28?,29?,30?,31?,32?,33+,34-,35+,38+,39?/m1/s1. The molecule has 2 bridgehead atoms. The number of aliphatic carboxylic acids is 1. The first-order valence-electron chi connectivity index (χ1n) is 19.3. The highest BCUT2D eigenvalue weighted by molar-refractivity contribution is 5.73. The number of rotatable bonds is 6. The molecule has 3 aliphatic heterocycles. The van der Waals surface area contributed by atoms with Gasteiger partial charge < -0.3 is 70.6 Å². The highest BCUT2D eigenvalue weighted by Gasteiger charge is 2.51. The molecule has 314 valence electrons. The van der Waals surface area contributed by atoms with E-state index in [1.807, 2.05) is 13.0 Å². The van der Waals surface area contributed by atoms with E-state index < -0.39 is 122 Å². The highest BCUT2D eigenvalue weighted by atomic mass is 16.7. The van der Waals surface area contributed by atoms with Crippen molar-refractivity contribution in [2.45, 2.75) is 170 Å². The number of carbonyl (C=O) groups excluding carboxylic acids is 1. The minimum atomic E-state index is -2.26. The molecule has 3 rings (SSSR count). The minimum absolute atomic E-state index is 0.259. The lowest BCUT2D eigenvalue weighted by atomic mass is 9.82. The molecule has 11 unspecified atom stereocenters. The number of aliphatic hydroxyl groups is 8. The molecule has 2 fully saturated rings. The maximum Gasteiger partial charge on any atom is 0.311 e. The Morgan fingerprint density at radius 1 is 0.873 bits per heavy atom. The summed E-state index contributed by atoms with van der Waals surface area (Å²) in [5.74, 6) is -6.80. The average molecular weight is 786 g/mol. The number of aliphatic hydroxyl groups excluding tert-OH is 7. The lowest BCUT2D eigenvalue weighted by Gasteiger charge is -2.45.